The first-order valence-electron chi connectivity index (χ1n) is 11.2. The Morgan fingerprint density at radius 1 is 1.17 bits per heavy atom. The number of phenolic OH excluding ortho intramolecular Hbond substituents is 1. The van der Waals surface area contributed by atoms with Crippen LogP contribution in [0.1, 0.15) is 52.0 Å². The first-order chi connectivity index (χ1) is 17.1. The second-order valence-electron chi connectivity index (χ2n) is 8.46. The Morgan fingerprint density at radius 3 is 2.44 bits per heavy atom. The minimum atomic E-state index is -1.17. The number of carbonyl (C=O) groups is 3. The highest BCUT2D eigenvalue weighted by molar-refractivity contribution is 7.09. The Morgan fingerprint density at radius 2 is 1.86 bits per heavy atom. The summed E-state index contributed by atoms with van der Waals surface area (Å²) in [5, 5.41) is 13.0. The number of hydrogen-bond donors (Lipinski definition) is 4. The van der Waals surface area contributed by atoms with Crippen molar-refractivity contribution >= 4 is 40.6 Å². The predicted octanol–water partition coefficient (Wildman–Crippen LogP) is 3.09. The summed E-state index contributed by atoms with van der Waals surface area (Å²) in [6.45, 7) is 4.47. The molecular formula is C25H29N5O5S. The molecule has 3 rings (SSSR count). The largest absolute Gasteiger partial charge is 0.504 e. The minimum Gasteiger partial charge on any atom is -0.504 e. The topological polar surface area (TPSA) is 161 Å². The zero-order chi connectivity index (χ0) is 26.4. The van der Waals surface area contributed by atoms with Crippen LogP contribution in [0.3, 0.4) is 0 Å². The number of para-hydroxylation sites is 1. The number of nitrogens with zero attached hydrogens (tertiary/aromatic N) is 2. The number of amides is 3. The van der Waals surface area contributed by atoms with E-state index in [0.717, 1.165) is 18.0 Å². The summed E-state index contributed by atoms with van der Waals surface area (Å²) < 4.78 is 9.18. The molecule has 0 saturated heterocycles. The number of methoxy groups -OCH3 is 1. The highest BCUT2D eigenvalue weighted by atomic mass is 32.1. The smallest absolute Gasteiger partial charge is 0.273 e. The van der Waals surface area contributed by atoms with Gasteiger partial charge in [0.1, 0.15) is 10.9 Å². The summed E-state index contributed by atoms with van der Waals surface area (Å²) in [7, 11) is 1.39. The first-order valence-corrected chi connectivity index (χ1v) is 12.0. The van der Waals surface area contributed by atoms with Gasteiger partial charge >= 0.3 is 0 Å². The van der Waals surface area contributed by atoms with E-state index in [9.17, 15) is 19.5 Å². The summed E-state index contributed by atoms with van der Waals surface area (Å²) in [5.41, 5.74) is 11.8. The summed E-state index contributed by atoms with van der Waals surface area (Å²) in [5.74, 6) is -1.57. The van der Waals surface area contributed by atoms with Crippen molar-refractivity contribution in [2.45, 2.75) is 26.3 Å². The maximum Gasteiger partial charge on any atom is 0.273 e. The van der Waals surface area contributed by atoms with Gasteiger partial charge in [0.25, 0.3) is 11.8 Å². The number of carbonyl (C=O) groups excluding carboxylic acids is 3. The van der Waals surface area contributed by atoms with Crippen molar-refractivity contribution in [3.05, 3.63) is 64.7 Å². The number of nitrogens with one attached hydrogen (secondary N) is 1. The van der Waals surface area contributed by atoms with Crippen molar-refractivity contribution in [1.29, 1.82) is 0 Å². The molecule has 0 saturated carbocycles. The maximum atomic E-state index is 13.9. The van der Waals surface area contributed by atoms with Gasteiger partial charge in [-0.2, -0.15) is 4.37 Å². The van der Waals surface area contributed by atoms with E-state index >= 15 is 0 Å². The summed E-state index contributed by atoms with van der Waals surface area (Å²) in [4.78, 5) is 40.5. The number of nitrogens with two attached hydrogens (primary N) is 2. The van der Waals surface area contributed by atoms with Crippen LogP contribution in [-0.2, 0) is 4.79 Å². The molecule has 10 nitrogen and oxygen atoms in total. The predicted molar refractivity (Wildman–Crippen MR) is 138 cm³/mol. The van der Waals surface area contributed by atoms with Gasteiger partial charge in [-0.25, -0.2) is 0 Å². The van der Waals surface area contributed by atoms with Crippen LogP contribution in [0.2, 0.25) is 0 Å². The molecule has 1 atom stereocenters. The Balaban J connectivity index is 2.17. The third kappa shape index (κ3) is 5.74. The maximum absolute atomic E-state index is 13.9. The van der Waals surface area contributed by atoms with Crippen molar-refractivity contribution in [3.8, 4) is 11.5 Å². The molecule has 0 fully saturated rings. The van der Waals surface area contributed by atoms with Crippen LogP contribution in [0.15, 0.2) is 48.5 Å². The van der Waals surface area contributed by atoms with Gasteiger partial charge in [-0.3, -0.25) is 19.3 Å². The van der Waals surface area contributed by atoms with E-state index in [1.807, 2.05) is 13.8 Å². The fourth-order valence-electron chi connectivity index (χ4n) is 3.57. The van der Waals surface area contributed by atoms with Gasteiger partial charge in [-0.15, -0.1) is 0 Å². The molecule has 0 radical (unpaired) electrons. The molecule has 1 aromatic heterocycles. The zero-order valence-corrected chi connectivity index (χ0v) is 21.0. The van der Waals surface area contributed by atoms with Crippen LogP contribution in [0.25, 0.3) is 0 Å². The number of primary amides is 1. The second kappa shape index (κ2) is 11.5. The zero-order valence-electron chi connectivity index (χ0n) is 20.2. The molecule has 0 aliphatic heterocycles. The van der Waals surface area contributed by atoms with Crippen molar-refractivity contribution in [1.82, 2.24) is 9.69 Å². The van der Waals surface area contributed by atoms with Crippen molar-refractivity contribution < 1.29 is 24.2 Å². The van der Waals surface area contributed by atoms with Crippen LogP contribution < -0.4 is 26.4 Å². The van der Waals surface area contributed by atoms with E-state index in [4.69, 9.17) is 16.2 Å². The lowest BCUT2D eigenvalue weighted by Gasteiger charge is -2.31. The molecule has 6 N–H and O–H groups in total. The fourth-order valence-corrected chi connectivity index (χ4v) is 4.32. The van der Waals surface area contributed by atoms with Gasteiger partial charge in [0, 0.05) is 12.2 Å². The lowest BCUT2D eigenvalue weighted by Crippen LogP contribution is -2.44. The van der Waals surface area contributed by atoms with Gasteiger partial charge in [-0.05, 0) is 53.7 Å². The molecule has 36 heavy (non-hydrogen) atoms. The quantitative estimate of drug-likeness (QED) is 0.325. The third-order valence-electron chi connectivity index (χ3n) is 5.46. The average molecular weight is 512 g/mol. The van der Waals surface area contributed by atoms with Gasteiger partial charge in [-0.1, -0.05) is 38.1 Å². The number of hydrogen-bond acceptors (Lipinski definition) is 8. The number of phenols is 1. The average Bonchev–Trinajstić information content (AvgIpc) is 3.24. The van der Waals surface area contributed by atoms with Crippen LogP contribution >= 0.6 is 11.5 Å². The monoisotopic (exact) mass is 511 g/mol. The number of aromatic hydroxyl groups is 1. The van der Waals surface area contributed by atoms with E-state index in [1.54, 1.807) is 36.4 Å². The van der Waals surface area contributed by atoms with Gasteiger partial charge in [0.15, 0.2) is 17.2 Å². The molecule has 3 amide bonds. The Labute approximate surface area is 213 Å². The number of nitrogen functional groups attached to an aromatic ring is 1. The Kier molecular flexibility index (Phi) is 8.49. The van der Waals surface area contributed by atoms with Crippen LogP contribution in [-0.4, -0.2) is 40.9 Å². The number of benzene rings is 2. The van der Waals surface area contributed by atoms with Gasteiger partial charge < -0.3 is 26.6 Å². The Bertz CT molecular complexity index is 1240. The summed E-state index contributed by atoms with van der Waals surface area (Å²) in [6.07, 6.45) is 0.737. The second-order valence-corrected chi connectivity index (χ2v) is 9.23. The number of aromatic nitrogens is 1. The third-order valence-corrected chi connectivity index (χ3v) is 6.31. The van der Waals surface area contributed by atoms with E-state index < -0.39 is 23.8 Å². The van der Waals surface area contributed by atoms with E-state index in [1.165, 1.54) is 24.1 Å². The van der Waals surface area contributed by atoms with E-state index in [-0.39, 0.29) is 27.8 Å². The molecule has 190 valence electrons. The van der Waals surface area contributed by atoms with Gasteiger partial charge in [0.2, 0.25) is 5.91 Å². The summed E-state index contributed by atoms with van der Waals surface area (Å²) in [6, 6.07) is 11.8. The SMILES string of the molecule is COc1cc([C@@H](C(=O)NCCC(C)C)N(C(=O)c2snc(C(N)=O)c2N)c2ccccc2)ccc1O. The highest BCUT2D eigenvalue weighted by Gasteiger charge is 2.36. The number of rotatable bonds is 10. The molecule has 3 aromatic rings. The first kappa shape index (κ1) is 26.5. The van der Waals surface area contributed by atoms with Gasteiger partial charge in [0.05, 0.1) is 12.8 Å². The standard InChI is InChI=1S/C25H29N5O5S/c1-14(2)11-12-28-24(33)21(15-9-10-17(31)18(13-15)35-3)30(16-7-5-4-6-8-16)25(34)22-19(26)20(23(27)32)29-36-22/h4-10,13-14,21,31H,11-12,26H2,1-3H3,(H2,27,32)(H,28,33)/t21-/m0/s1. The Hall–Kier alpha value is -4.12. The molecular weight excluding hydrogens is 482 g/mol. The molecule has 0 aliphatic rings. The normalized spacial score (nSPS) is 11.7. The molecule has 2 aromatic carbocycles. The van der Waals surface area contributed by atoms with Crippen LogP contribution in [0, 0.1) is 5.92 Å². The molecule has 0 aliphatic carbocycles. The summed E-state index contributed by atoms with van der Waals surface area (Å²) >= 11 is 0.728. The van der Waals surface area contributed by atoms with E-state index in [0.29, 0.717) is 23.7 Å². The number of anilines is 2. The van der Waals surface area contributed by atoms with Crippen molar-refractivity contribution in [2.24, 2.45) is 11.7 Å². The fraction of sp³-hybridized carbons (Fsp3) is 0.280. The minimum absolute atomic E-state index is 0.0293. The molecule has 1 heterocycles. The molecule has 0 bridgehead atoms. The van der Waals surface area contributed by atoms with E-state index in [2.05, 4.69) is 9.69 Å². The van der Waals surface area contributed by atoms with Crippen LogP contribution in [0.5, 0.6) is 11.5 Å². The highest BCUT2D eigenvalue weighted by Crippen LogP contribution is 2.36. The lowest BCUT2D eigenvalue weighted by atomic mass is 10.0. The lowest BCUT2D eigenvalue weighted by molar-refractivity contribution is -0.122. The number of ether oxygens (including phenoxy) is 1. The van der Waals surface area contributed by atoms with Crippen LogP contribution in [0.4, 0.5) is 11.4 Å². The molecule has 0 unspecified atom stereocenters. The molecule has 11 heteroatoms. The molecule has 0 spiro atoms. The van der Waals surface area contributed by atoms with Crippen molar-refractivity contribution in [2.75, 3.05) is 24.3 Å². The van der Waals surface area contributed by atoms with Crippen molar-refractivity contribution in [3.63, 3.8) is 0 Å².